The van der Waals surface area contributed by atoms with Crippen LogP contribution in [0.25, 0.3) is 0 Å². The number of likely N-dealkylation sites (N-methyl/N-ethyl adjacent to an activating group) is 1. The Morgan fingerprint density at radius 2 is 1.89 bits per heavy atom. The van der Waals surface area contributed by atoms with Gasteiger partial charge < -0.3 is 15.1 Å². The van der Waals surface area contributed by atoms with Gasteiger partial charge in [0.25, 0.3) is 0 Å². The predicted molar refractivity (Wildman–Crippen MR) is 76.0 cm³/mol. The van der Waals surface area contributed by atoms with E-state index in [1.165, 1.54) is 25.7 Å². The average molecular weight is 265 g/mol. The van der Waals surface area contributed by atoms with Crippen molar-refractivity contribution in [2.24, 2.45) is 5.92 Å². The maximum atomic E-state index is 12.6. The summed E-state index contributed by atoms with van der Waals surface area (Å²) in [5.74, 6) is 1.13. The Hall–Kier alpha value is -0.610. The van der Waals surface area contributed by atoms with E-state index in [2.05, 4.69) is 22.2 Å². The Kier molecular flexibility index (Phi) is 4.08. The molecule has 3 fully saturated rings. The number of nitrogens with zero attached hydrogens (tertiary/aromatic N) is 2. The highest BCUT2D eigenvalue weighted by Crippen LogP contribution is 2.33. The van der Waals surface area contributed by atoms with Gasteiger partial charge in [-0.25, -0.2) is 0 Å². The van der Waals surface area contributed by atoms with Crippen molar-refractivity contribution in [3.05, 3.63) is 0 Å². The van der Waals surface area contributed by atoms with Gasteiger partial charge in [0.2, 0.25) is 5.91 Å². The van der Waals surface area contributed by atoms with Crippen molar-refractivity contribution in [1.82, 2.24) is 15.1 Å². The molecular weight excluding hydrogens is 238 g/mol. The summed E-state index contributed by atoms with van der Waals surface area (Å²) in [5.41, 5.74) is 0. The van der Waals surface area contributed by atoms with Gasteiger partial charge in [0.15, 0.2) is 0 Å². The van der Waals surface area contributed by atoms with E-state index in [1.807, 2.05) is 0 Å². The quantitative estimate of drug-likeness (QED) is 0.770. The SMILES string of the molecule is CN1CCCN(C(=O)C2CC3CCCCC3N2)CC1. The molecule has 0 bridgehead atoms. The lowest BCUT2D eigenvalue weighted by atomic mass is 9.85. The Morgan fingerprint density at radius 3 is 2.74 bits per heavy atom. The number of rotatable bonds is 1. The summed E-state index contributed by atoms with van der Waals surface area (Å²) < 4.78 is 0. The van der Waals surface area contributed by atoms with Crippen LogP contribution in [-0.2, 0) is 4.79 Å². The lowest BCUT2D eigenvalue weighted by Gasteiger charge is -2.25. The molecule has 4 heteroatoms. The first-order valence-electron chi connectivity index (χ1n) is 7.97. The van der Waals surface area contributed by atoms with Crippen molar-refractivity contribution in [2.75, 3.05) is 33.2 Å². The zero-order chi connectivity index (χ0) is 13.2. The van der Waals surface area contributed by atoms with Crippen molar-refractivity contribution >= 4 is 5.91 Å². The molecule has 3 rings (SSSR count). The lowest BCUT2D eigenvalue weighted by molar-refractivity contribution is -0.133. The van der Waals surface area contributed by atoms with E-state index in [-0.39, 0.29) is 6.04 Å². The summed E-state index contributed by atoms with van der Waals surface area (Å²) in [6, 6.07) is 0.730. The molecule has 108 valence electrons. The maximum Gasteiger partial charge on any atom is 0.239 e. The standard InChI is InChI=1S/C15H27N3O/c1-17-7-4-8-18(10-9-17)15(19)14-11-12-5-2-3-6-13(12)16-14/h12-14,16H,2-11H2,1H3. The summed E-state index contributed by atoms with van der Waals surface area (Å²) >= 11 is 0. The first-order chi connectivity index (χ1) is 9.24. The van der Waals surface area contributed by atoms with Crippen LogP contribution in [0, 0.1) is 5.92 Å². The Morgan fingerprint density at radius 1 is 1.05 bits per heavy atom. The Balaban J connectivity index is 1.58. The minimum atomic E-state index is 0.108. The highest BCUT2D eigenvalue weighted by Gasteiger charge is 2.39. The number of hydrogen-bond acceptors (Lipinski definition) is 3. The van der Waals surface area contributed by atoms with E-state index in [0.717, 1.165) is 44.9 Å². The van der Waals surface area contributed by atoms with Crippen LogP contribution in [0.4, 0.5) is 0 Å². The number of carbonyl (C=O) groups is 1. The minimum Gasteiger partial charge on any atom is -0.340 e. The number of carbonyl (C=O) groups excluding carboxylic acids is 1. The van der Waals surface area contributed by atoms with E-state index in [0.29, 0.717) is 11.9 Å². The van der Waals surface area contributed by atoms with Gasteiger partial charge in [-0.3, -0.25) is 4.79 Å². The van der Waals surface area contributed by atoms with Crippen LogP contribution in [0.2, 0.25) is 0 Å². The average Bonchev–Trinajstić information content (AvgIpc) is 2.74. The van der Waals surface area contributed by atoms with Crippen molar-refractivity contribution in [3.8, 4) is 0 Å². The number of nitrogens with one attached hydrogen (secondary N) is 1. The van der Waals surface area contributed by atoms with E-state index in [4.69, 9.17) is 0 Å². The van der Waals surface area contributed by atoms with Crippen LogP contribution in [0.3, 0.4) is 0 Å². The molecule has 0 spiro atoms. The summed E-state index contributed by atoms with van der Waals surface area (Å²) in [4.78, 5) is 17.1. The van der Waals surface area contributed by atoms with Gasteiger partial charge in [0, 0.05) is 25.7 Å². The fraction of sp³-hybridized carbons (Fsp3) is 0.933. The molecule has 1 N–H and O–H groups in total. The maximum absolute atomic E-state index is 12.6. The Bertz CT molecular complexity index is 319. The van der Waals surface area contributed by atoms with Crippen LogP contribution < -0.4 is 5.32 Å². The molecule has 2 aliphatic heterocycles. The second-order valence-corrected chi connectivity index (χ2v) is 6.59. The summed E-state index contributed by atoms with van der Waals surface area (Å²) in [6.07, 6.45) is 7.49. The fourth-order valence-corrected chi connectivity index (χ4v) is 4.00. The Labute approximate surface area is 116 Å². The second-order valence-electron chi connectivity index (χ2n) is 6.59. The molecule has 0 aromatic carbocycles. The van der Waals surface area contributed by atoms with Gasteiger partial charge in [-0.05, 0) is 45.2 Å². The van der Waals surface area contributed by atoms with Gasteiger partial charge in [-0.15, -0.1) is 0 Å². The van der Waals surface area contributed by atoms with Crippen LogP contribution in [0.5, 0.6) is 0 Å². The lowest BCUT2D eigenvalue weighted by Crippen LogP contribution is -2.46. The van der Waals surface area contributed by atoms with Crippen molar-refractivity contribution in [3.63, 3.8) is 0 Å². The highest BCUT2D eigenvalue weighted by molar-refractivity contribution is 5.82. The number of hydrogen-bond donors (Lipinski definition) is 1. The minimum absolute atomic E-state index is 0.108. The molecule has 3 atom stereocenters. The summed E-state index contributed by atoms with van der Waals surface area (Å²) in [7, 11) is 2.15. The van der Waals surface area contributed by atoms with Crippen LogP contribution in [-0.4, -0.2) is 61.0 Å². The van der Waals surface area contributed by atoms with Crippen molar-refractivity contribution < 1.29 is 4.79 Å². The van der Waals surface area contributed by atoms with Gasteiger partial charge in [0.05, 0.1) is 6.04 Å². The number of fused-ring (bicyclic) bond motifs is 1. The van der Waals surface area contributed by atoms with E-state index < -0.39 is 0 Å². The van der Waals surface area contributed by atoms with Gasteiger partial charge in [0.1, 0.15) is 0 Å². The molecule has 0 aromatic heterocycles. The zero-order valence-electron chi connectivity index (χ0n) is 12.1. The molecule has 3 unspecified atom stereocenters. The smallest absolute Gasteiger partial charge is 0.239 e. The third-order valence-electron chi connectivity index (χ3n) is 5.19. The summed E-state index contributed by atoms with van der Waals surface area (Å²) in [5, 5.41) is 3.62. The van der Waals surface area contributed by atoms with Gasteiger partial charge >= 0.3 is 0 Å². The van der Waals surface area contributed by atoms with Crippen molar-refractivity contribution in [2.45, 2.75) is 50.6 Å². The van der Waals surface area contributed by atoms with Crippen molar-refractivity contribution in [1.29, 1.82) is 0 Å². The molecule has 4 nitrogen and oxygen atoms in total. The van der Waals surface area contributed by atoms with Crippen LogP contribution in [0.1, 0.15) is 38.5 Å². The molecule has 3 aliphatic rings. The topological polar surface area (TPSA) is 35.6 Å². The van der Waals surface area contributed by atoms with Gasteiger partial charge in [-0.2, -0.15) is 0 Å². The molecule has 1 aliphatic carbocycles. The van der Waals surface area contributed by atoms with E-state index in [9.17, 15) is 4.79 Å². The highest BCUT2D eigenvalue weighted by atomic mass is 16.2. The molecule has 19 heavy (non-hydrogen) atoms. The normalized spacial score (nSPS) is 36.9. The monoisotopic (exact) mass is 265 g/mol. The molecule has 2 saturated heterocycles. The first-order valence-corrected chi connectivity index (χ1v) is 7.97. The molecule has 1 amide bonds. The largest absolute Gasteiger partial charge is 0.340 e. The first kappa shape index (κ1) is 13.4. The van der Waals surface area contributed by atoms with Crippen LogP contribution in [0.15, 0.2) is 0 Å². The van der Waals surface area contributed by atoms with E-state index in [1.54, 1.807) is 0 Å². The molecule has 0 aromatic rings. The van der Waals surface area contributed by atoms with Crippen LogP contribution >= 0.6 is 0 Å². The third-order valence-corrected chi connectivity index (χ3v) is 5.19. The molecule has 2 heterocycles. The molecule has 0 radical (unpaired) electrons. The third kappa shape index (κ3) is 2.95. The summed E-state index contributed by atoms with van der Waals surface area (Å²) in [6.45, 7) is 3.98. The number of amides is 1. The molecular formula is C15H27N3O. The zero-order valence-corrected chi connectivity index (χ0v) is 12.1. The van der Waals surface area contributed by atoms with Gasteiger partial charge in [-0.1, -0.05) is 12.8 Å². The predicted octanol–water partition coefficient (Wildman–Crippen LogP) is 1.07. The second kappa shape index (κ2) is 5.80. The fourth-order valence-electron chi connectivity index (χ4n) is 4.00. The van der Waals surface area contributed by atoms with E-state index >= 15 is 0 Å². The molecule has 1 saturated carbocycles.